The van der Waals surface area contributed by atoms with Crippen molar-refractivity contribution in [3.8, 4) is 0 Å². The first-order valence-electron chi connectivity index (χ1n) is 6.89. The first-order valence-corrected chi connectivity index (χ1v) is 6.89. The van der Waals surface area contributed by atoms with E-state index in [0.717, 1.165) is 16.9 Å². The Balaban J connectivity index is 2.41. The number of carbonyl (C=O) groups is 1. The minimum Gasteiger partial charge on any atom is -0.308 e. The quantitative estimate of drug-likeness (QED) is 0.669. The summed E-state index contributed by atoms with van der Waals surface area (Å²) < 4.78 is 0. The van der Waals surface area contributed by atoms with Gasteiger partial charge in [0.2, 0.25) is 0 Å². The standard InChI is InChI=1S/C16H20N4O/c1-4-20(14-8-6-5-7-11(14)2)16(21)13-9-12(3)18-15(10-13)19-17/h5-10H,4,17H2,1-3H3,(H,18,19). The van der Waals surface area contributed by atoms with Crippen molar-refractivity contribution in [3.05, 3.63) is 53.2 Å². The molecule has 1 amide bonds. The maximum Gasteiger partial charge on any atom is 0.258 e. The topological polar surface area (TPSA) is 71.2 Å². The second-order valence-corrected chi connectivity index (χ2v) is 4.86. The number of nitrogen functional groups attached to an aromatic ring is 1. The molecule has 0 aliphatic carbocycles. The number of hydrogen-bond acceptors (Lipinski definition) is 4. The van der Waals surface area contributed by atoms with Gasteiger partial charge in [0, 0.05) is 23.5 Å². The van der Waals surface area contributed by atoms with Gasteiger partial charge < -0.3 is 10.3 Å². The molecule has 0 saturated carbocycles. The molecule has 0 aliphatic rings. The summed E-state index contributed by atoms with van der Waals surface area (Å²) in [5.41, 5.74) is 5.79. The number of rotatable bonds is 4. The Kier molecular flexibility index (Phi) is 4.55. The average Bonchev–Trinajstić information content (AvgIpc) is 2.49. The zero-order chi connectivity index (χ0) is 15.4. The molecule has 1 heterocycles. The summed E-state index contributed by atoms with van der Waals surface area (Å²) in [6.07, 6.45) is 0. The monoisotopic (exact) mass is 284 g/mol. The van der Waals surface area contributed by atoms with Crippen LogP contribution in [0.3, 0.4) is 0 Å². The number of anilines is 2. The molecule has 5 nitrogen and oxygen atoms in total. The molecule has 0 unspecified atom stereocenters. The van der Waals surface area contributed by atoms with Gasteiger partial charge in [0.15, 0.2) is 0 Å². The molecule has 0 radical (unpaired) electrons. The Bertz CT molecular complexity index is 654. The molecular formula is C16H20N4O. The molecule has 0 atom stereocenters. The number of hydrogen-bond donors (Lipinski definition) is 2. The average molecular weight is 284 g/mol. The van der Waals surface area contributed by atoms with Gasteiger partial charge in [0.05, 0.1) is 0 Å². The minimum absolute atomic E-state index is 0.0613. The molecule has 3 N–H and O–H groups in total. The SMILES string of the molecule is CCN(C(=O)c1cc(C)nc(NN)c1)c1ccccc1C. The number of amides is 1. The summed E-state index contributed by atoms with van der Waals surface area (Å²) >= 11 is 0. The molecule has 0 aliphatic heterocycles. The largest absolute Gasteiger partial charge is 0.308 e. The van der Waals surface area contributed by atoms with E-state index in [1.54, 1.807) is 17.0 Å². The number of nitrogens with zero attached hydrogens (tertiary/aromatic N) is 2. The predicted octanol–water partition coefficient (Wildman–Crippen LogP) is 2.65. The first-order chi connectivity index (χ1) is 10.1. The molecule has 1 aromatic heterocycles. The smallest absolute Gasteiger partial charge is 0.258 e. The van der Waals surface area contributed by atoms with Crippen LogP contribution in [0.5, 0.6) is 0 Å². The third-order valence-corrected chi connectivity index (χ3v) is 3.32. The zero-order valence-corrected chi connectivity index (χ0v) is 12.6. The molecule has 0 bridgehead atoms. The molecule has 2 aromatic rings. The first kappa shape index (κ1) is 15.0. The van der Waals surface area contributed by atoms with Gasteiger partial charge in [0.25, 0.3) is 5.91 Å². The molecule has 5 heteroatoms. The number of hydrazine groups is 1. The Labute approximate surface area is 124 Å². The highest BCUT2D eigenvalue weighted by molar-refractivity contribution is 6.06. The highest BCUT2D eigenvalue weighted by Crippen LogP contribution is 2.22. The lowest BCUT2D eigenvalue weighted by Gasteiger charge is -2.23. The summed E-state index contributed by atoms with van der Waals surface area (Å²) in [5, 5.41) is 0. The Hall–Kier alpha value is -2.40. The van der Waals surface area contributed by atoms with Crippen molar-refractivity contribution in [3.63, 3.8) is 0 Å². The number of benzene rings is 1. The molecular weight excluding hydrogens is 264 g/mol. The number of aryl methyl sites for hydroxylation is 2. The lowest BCUT2D eigenvalue weighted by molar-refractivity contribution is 0.0988. The van der Waals surface area contributed by atoms with Crippen LogP contribution in [0.1, 0.15) is 28.5 Å². The van der Waals surface area contributed by atoms with E-state index in [1.807, 2.05) is 45.0 Å². The van der Waals surface area contributed by atoms with Crippen LogP contribution in [-0.4, -0.2) is 17.4 Å². The van der Waals surface area contributed by atoms with Gasteiger partial charge in [-0.1, -0.05) is 18.2 Å². The van der Waals surface area contributed by atoms with Crippen LogP contribution in [0.15, 0.2) is 36.4 Å². The highest BCUT2D eigenvalue weighted by Gasteiger charge is 2.18. The van der Waals surface area contributed by atoms with Gasteiger partial charge in [0.1, 0.15) is 5.82 Å². The van der Waals surface area contributed by atoms with Crippen LogP contribution in [-0.2, 0) is 0 Å². The van der Waals surface area contributed by atoms with Gasteiger partial charge in [-0.15, -0.1) is 0 Å². The molecule has 0 saturated heterocycles. The van der Waals surface area contributed by atoms with Crippen LogP contribution >= 0.6 is 0 Å². The predicted molar refractivity (Wildman–Crippen MR) is 85.3 cm³/mol. The van der Waals surface area contributed by atoms with Crippen LogP contribution in [0.25, 0.3) is 0 Å². The summed E-state index contributed by atoms with van der Waals surface area (Å²) in [7, 11) is 0. The molecule has 0 spiro atoms. The van der Waals surface area contributed by atoms with E-state index in [0.29, 0.717) is 17.9 Å². The van der Waals surface area contributed by atoms with E-state index in [2.05, 4.69) is 10.4 Å². The maximum absolute atomic E-state index is 12.8. The van der Waals surface area contributed by atoms with Crippen LogP contribution in [0.4, 0.5) is 11.5 Å². The van der Waals surface area contributed by atoms with E-state index in [-0.39, 0.29) is 5.91 Å². The van der Waals surface area contributed by atoms with Crippen LogP contribution in [0, 0.1) is 13.8 Å². The lowest BCUT2D eigenvalue weighted by atomic mass is 10.1. The molecule has 1 aromatic carbocycles. The van der Waals surface area contributed by atoms with Gasteiger partial charge in [-0.25, -0.2) is 10.8 Å². The van der Waals surface area contributed by atoms with E-state index < -0.39 is 0 Å². The Morgan fingerprint density at radius 2 is 2.00 bits per heavy atom. The number of nitrogens with one attached hydrogen (secondary N) is 1. The molecule has 110 valence electrons. The van der Waals surface area contributed by atoms with E-state index in [1.165, 1.54) is 0 Å². The number of aromatic nitrogens is 1. The number of para-hydroxylation sites is 1. The third kappa shape index (κ3) is 3.20. The Morgan fingerprint density at radius 1 is 1.29 bits per heavy atom. The zero-order valence-electron chi connectivity index (χ0n) is 12.6. The highest BCUT2D eigenvalue weighted by atomic mass is 16.2. The fourth-order valence-corrected chi connectivity index (χ4v) is 2.31. The van der Waals surface area contributed by atoms with Gasteiger partial charge in [-0.05, 0) is 44.5 Å². The third-order valence-electron chi connectivity index (χ3n) is 3.32. The van der Waals surface area contributed by atoms with Crippen molar-refractivity contribution >= 4 is 17.4 Å². The second kappa shape index (κ2) is 6.37. The van der Waals surface area contributed by atoms with Crippen molar-refractivity contribution < 1.29 is 4.79 Å². The second-order valence-electron chi connectivity index (χ2n) is 4.86. The number of nitrogens with two attached hydrogens (primary N) is 1. The maximum atomic E-state index is 12.8. The van der Waals surface area contributed by atoms with Crippen molar-refractivity contribution in [2.75, 3.05) is 16.9 Å². The Morgan fingerprint density at radius 3 is 2.62 bits per heavy atom. The van der Waals surface area contributed by atoms with Crippen molar-refractivity contribution in [1.82, 2.24) is 4.98 Å². The summed E-state index contributed by atoms with van der Waals surface area (Å²) in [4.78, 5) is 18.7. The van der Waals surface area contributed by atoms with Crippen LogP contribution in [0.2, 0.25) is 0 Å². The fourth-order valence-electron chi connectivity index (χ4n) is 2.31. The van der Waals surface area contributed by atoms with E-state index in [9.17, 15) is 4.79 Å². The summed E-state index contributed by atoms with van der Waals surface area (Å²) in [6.45, 7) is 6.38. The van der Waals surface area contributed by atoms with E-state index in [4.69, 9.17) is 5.84 Å². The van der Waals surface area contributed by atoms with E-state index >= 15 is 0 Å². The van der Waals surface area contributed by atoms with Crippen molar-refractivity contribution in [2.45, 2.75) is 20.8 Å². The van der Waals surface area contributed by atoms with Gasteiger partial charge in [-0.3, -0.25) is 4.79 Å². The summed E-state index contributed by atoms with van der Waals surface area (Å²) in [6, 6.07) is 11.3. The van der Waals surface area contributed by atoms with Crippen molar-refractivity contribution in [1.29, 1.82) is 0 Å². The number of carbonyl (C=O) groups excluding carboxylic acids is 1. The van der Waals surface area contributed by atoms with Gasteiger partial charge >= 0.3 is 0 Å². The van der Waals surface area contributed by atoms with Crippen molar-refractivity contribution in [2.24, 2.45) is 5.84 Å². The normalized spacial score (nSPS) is 10.3. The molecule has 21 heavy (non-hydrogen) atoms. The number of pyridine rings is 1. The molecule has 0 fully saturated rings. The lowest BCUT2D eigenvalue weighted by Crippen LogP contribution is -2.31. The van der Waals surface area contributed by atoms with Crippen LogP contribution < -0.4 is 16.2 Å². The minimum atomic E-state index is -0.0613. The fraction of sp³-hybridized carbons (Fsp3) is 0.250. The summed E-state index contributed by atoms with van der Waals surface area (Å²) in [5.74, 6) is 5.82. The molecule has 2 rings (SSSR count). The van der Waals surface area contributed by atoms with Gasteiger partial charge in [-0.2, -0.15) is 0 Å².